The van der Waals surface area contributed by atoms with E-state index in [-0.39, 0.29) is 18.3 Å². The molecule has 2 amide bonds. The number of rotatable bonds is 7. The quantitative estimate of drug-likeness (QED) is 0.339. The third-order valence-corrected chi connectivity index (χ3v) is 6.72. The molecule has 2 aromatic heterocycles. The minimum atomic E-state index is -2.52. The van der Waals surface area contributed by atoms with Crippen LogP contribution in [-0.2, 0) is 5.41 Å². The van der Waals surface area contributed by atoms with Gasteiger partial charge in [-0.3, -0.25) is 5.32 Å². The number of nitrogens with one attached hydrogen (secondary N) is 3. The molecule has 0 saturated carbocycles. The average molecular weight is 514 g/mol. The van der Waals surface area contributed by atoms with Crippen molar-refractivity contribution >= 4 is 23.4 Å². The molecule has 37 heavy (non-hydrogen) atoms. The van der Waals surface area contributed by atoms with Crippen molar-refractivity contribution in [2.24, 2.45) is 0 Å². The van der Waals surface area contributed by atoms with Crippen LogP contribution in [0.4, 0.5) is 30.9 Å². The second kappa shape index (κ2) is 10.5. The Kier molecular flexibility index (Phi) is 7.49. The van der Waals surface area contributed by atoms with E-state index in [9.17, 15) is 13.6 Å². The Labute approximate surface area is 216 Å². The SMILES string of the molecule is CC(C)(C)c1cc(NC(=O)Nc2ccc(-c3ccc(NCC[N+]4(C)CCC(F)(F)CC4)nc3)cc2)no1. The normalized spacial score (nSPS) is 16.7. The predicted molar refractivity (Wildman–Crippen MR) is 141 cm³/mol. The first-order chi connectivity index (χ1) is 17.4. The molecule has 3 heterocycles. The van der Waals surface area contributed by atoms with E-state index in [0.29, 0.717) is 41.4 Å². The molecular formula is C27H35F2N6O2+. The summed E-state index contributed by atoms with van der Waals surface area (Å²) in [5.74, 6) is -0.730. The highest BCUT2D eigenvalue weighted by atomic mass is 19.3. The lowest BCUT2D eigenvalue weighted by molar-refractivity contribution is -0.915. The largest absolute Gasteiger partial charge is 0.364 e. The van der Waals surface area contributed by atoms with E-state index in [4.69, 9.17) is 4.52 Å². The van der Waals surface area contributed by atoms with E-state index in [1.165, 1.54) is 0 Å². The number of nitrogens with zero attached hydrogens (tertiary/aromatic N) is 3. The van der Waals surface area contributed by atoms with Gasteiger partial charge < -0.3 is 19.6 Å². The van der Waals surface area contributed by atoms with Crippen LogP contribution in [0.3, 0.4) is 0 Å². The highest BCUT2D eigenvalue weighted by Crippen LogP contribution is 2.30. The molecule has 10 heteroatoms. The summed E-state index contributed by atoms with van der Waals surface area (Å²) in [6.07, 6.45) is 1.69. The third kappa shape index (κ3) is 7.25. The maximum Gasteiger partial charge on any atom is 0.324 e. The summed E-state index contributed by atoms with van der Waals surface area (Å²) in [4.78, 5) is 16.8. The Bertz CT molecular complexity index is 1190. The number of alkyl halides is 2. The summed E-state index contributed by atoms with van der Waals surface area (Å²) in [6.45, 7) is 8.44. The van der Waals surface area contributed by atoms with E-state index >= 15 is 0 Å². The first-order valence-corrected chi connectivity index (χ1v) is 12.5. The molecule has 1 saturated heterocycles. The smallest absolute Gasteiger partial charge is 0.324 e. The minimum Gasteiger partial charge on any atom is -0.364 e. The van der Waals surface area contributed by atoms with Gasteiger partial charge in [-0.05, 0) is 29.8 Å². The number of quaternary nitrogens is 1. The number of hydrogen-bond donors (Lipinski definition) is 3. The summed E-state index contributed by atoms with van der Waals surface area (Å²) in [5, 5.41) is 12.6. The zero-order chi connectivity index (χ0) is 26.7. The van der Waals surface area contributed by atoms with Crippen LogP contribution in [0, 0.1) is 0 Å². The predicted octanol–water partition coefficient (Wildman–Crippen LogP) is 5.97. The summed E-state index contributed by atoms with van der Waals surface area (Å²) in [6, 6.07) is 12.6. The molecule has 198 valence electrons. The van der Waals surface area contributed by atoms with Crippen LogP contribution in [0.1, 0.15) is 39.4 Å². The zero-order valence-electron chi connectivity index (χ0n) is 21.8. The van der Waals surface area contributed by atoms with Crippen molar-refractivity contribution in [3.05, 3.63) is 54.4 Å². The minimum absolute atomic E-state index is 0.0463. The van der Waals surface area contributed by atoms with E-state index < -0.39 is 12.0 Å². The molecule has 8 nitrogen and oxygen atoms in total. The van der Waals surface area contributed by atoms with E-state index in [0.717, 1.165) is 23.5 Å². The van der Waals surface area contributed by atoms with Gasteiger partial charge in [-0.2, -0.15) is 0 Å². The Morgan fingerprint density at radius 2 is 1.70 bits per heavy atom. The summed E-state index contributed by atoms with van der Waals surface area (Å²) in [5.41, 5.74) is 2.34. The number of pyridine rings is 1. The molecule has 0 aliphatic carbocycles. The van der Waals surface area contributed by atoms with E-state index in [2.05, 4.69) is 26.1 Å². The van der Waals surface area contributed by atoms with Crippen LogP contribution in [-0.4, -0.2) is 59.8 Å². The van der Waals surface area contributed by atoms with Crippen molar-refractivity contribution < 1.29 is 22.6 Å². The maximum absolute atomic E-state index is 13.4. The third-order valence-electron chi connectivity index (χ3n) is 6.72. The number of amides is 2. The number of benzene rings is 1. The number of urea groups is 1. The summed E-state index contributed by atoms with van der Waals surface area (Å²) < 4.78 is 32.8. The van der Waals surface area contributed by atoms with Gasteiger partial charge in [0.1, 0.15) is 11.6 Å². The number of aromatic nitrogens is 2. The second-order valence-corrected chi connectivity index (χ2v) is 11.0. The summed E-state index contributed by atoms with van der Waals surface area (Å²) in [7, 11) is 2.03. The van der Waals surface area contributed by atoms with Crippen molar-refractivity contribution in [2.45, 2.75) is 45.0 Å². The molecule has 0 atom stereocenters. The van der Waals surface area contributed by atoms with Gasteiger partial charge in [-0.1, -0.05) is 38.1 Å². The second-order valence-electron chi connectivity index (χ2n) is 11.0. The van der Waals surface area contributed by atoms with Crippen molar-refractivity contribution in [2.75, 3.05) is 49.2 Å². The molecular weight excluding hydrogens is 478 g/mol. The molecule has 0 radical (unpaired) electrons. The van der Waals surface area contributed by atoms with Gasteiger partial charge >= 0.3 is 6.03 Å². The summed E-state index contributed by atoms with van der Waals surface area (Å²) >= 11 is 0. The van der Waals surface area contributed by atoms with Crippen LogP contribution < -0.4 is 16.0 Å². The molecule has 1 aromatic carbocycles. The number of piperidine rings is 1. The van der Waals surface area contributed by atoms with Crippen molar-refractivity contribution in [3.8, 4) is 11.1 Å². The van der Waals surface area contributed by atoms with E-state index in [1.54, 1.807) is 12.3 Å². The van der Waals surface area contributed by atoms with Gasteiger partial charge in [-0.25, -0.2) is 18.6 Å². The lowest BCUT2D eigenvalue weighted by Gasteiger charge is -2.40. The fourth-order valence-electron chi connectivity index (χ4n) is 4.16. The molecule has 0 spiro atoms. The number of halogens is 2. The van der Waals surface area contributed by atoms with Crippen molar-refractivity contribution in [1.82, 2.24) is 10.1 Å². The molecule has 1 fully saturated rings. The molecule has 0 bridgehead atoms. The number of anilines is 3. The van der Waals surface area contributed by atoms with Gasteiger partial charge in [0.15, 0.2) is 5.82 Å². The Balaban J connectivity index is 1.25. The molecule has 1 aliphatic rings. The number of likely N-dealkylation sites (tertiary alicyclic amines) is 1. The lowest BCUT2D eigenvalue weighted by Crippen LogP contribution is -2.54. The van der Waals surface area contributed by atoms with Gasteiger partial charge in [0, 0.05) is 28.9 Å². The lowest BCUT2D eigenvalue weighted by atomic mass is 9.93. The standard InChI is InChI=1S/C27H34F2N6O2/c1-26(2,3)22-17-24(34-37-22)33-25(36)32-21-8-5-19(6-9-21)20-7-10-23(31-18-20)30-13-16-35(4)14-11-27(28,29)12-15-35/h5-10,17-18H,11-16H2,1-4H3,(H2-,30,31,32,33,34,36)/p+1. The molecule has 4 rings (SSSR count). The van der Waals surface area contributed by atoms with Crippen molar-refractivity contribution in [3.63, 3.8) is 0 Å². The first-order valence-electron chi connectivity index (χ1n) is 12.5. The monoisotopic (exact) mass is 513 g/mol. The number of carbonyl (C=O) groups excluding carboxylic acids is 1. The fraction of sp³-hybridized carbons (Fsp3) is 0.444. The van der Waals surface area contributed by atoms with Gasteiger partial charge in [0.05, 0.1) is 46.1 Å². The van der Waals surface area contributed by atoms with E-state index in [1.807, 2.05) is 64.2 Å². The molecule has 3 N–H and O–H groups in total. The first kappa shape index (κ1) is 26.5. The van der Waals surface area contributed by atoms with Gasteiger partial charge in [-0.15, -0.1) is 0 Å². The topological polar surface area (TPSA) is 92.1 Å². The maximum atomic E-state index is 13.4. The Hall–Kier alpha value is -3.53. The highest BCUT2D eigenvalue weighted by Gasteiger charge is 2.40. The zero-order valence-corrected chi connectivity index (χ0v) is 21.8. The van der Waals surface area contributed by atoms with Crippen LogP contribution in [0.5, 0.6) is 0 Å². The van der Waals surface area contributed by atoms with Gasteiger partial charge in [0.25, 0.3) is 5.92 Å². The Morgan fingerprint density at radius 1 is 1.03 bits per heavy atom. The highest BCUT2D eigenvalue weighted by molar-refractivity contribution is 5.99. The Morgan fingerprint density at radius 3 is 2.30 bits per heavy atom. The average Bonchev–Trinajstić information content (AvgIpc) is 3.31. The van der Waals surface area contributed by atoms with Crippen LogP contribution >= 0.6 is 0 Å². The van der Waals surface area contributed by atoms with Crippen LogP contribution in [0.15, 0.2) is 53.2 Å². The fourth-order valence-corrected chi connectivity index (χ4v) is 4.16. The molecule has 3 aromatic rings. The van der Waals surface area contributed by atoms with Crippen LogP contribution in [0.2, 0.25) is 0 Å². The number of carbonyl (C=O) groups is 1. The van der Waals surface area contributed by atoms with Crippen LogP contribution in [0.25, 0.3) is 11.1 Å². The van der Waals surface area contributed by atoms with Crippen molar-refractivity contribution in [1.29, 1.82) is 0 Å². The molecule has 1 aliphatic heterocycles. The number of likely N-dealkylation sites (N-methyl/N-ethyl adjacent to an activating group) is 1. The number of hydrogen-bond acceptors (Lipinski definition) is 5. The molecule has 0 unspecified atom stereocenters. The van der Waals surface area contributed by atoms with Gasteiger partial charge in [0.2, 0.25) is 0 Å².